The summed E-state index contributed by atoms with van der Waals surface area (Å²) in [6.07, 6.45) is 0.951. The van der Waals surface area contributed by atoms with E-state index in [4.69, 9.17) is 4.74 Å². The quantitative estimate of drug-likeness (QED) is 0.810. The molecule has 1 heterocycles. The van der Waals surface area contributed by atoms with Gasteiger partial charge in [0.2, 0.25) is 11.8 Å². The Hall–Kier alpha value is -1.59. The van der Waals surface area contributed by atoms with Gasteiger partial charge in [0.25, 0.3) is 0 Å². The number of rotatable bonds is 4. The molecule has 1 aromatic rings. The van der Waals surface area contributed by atoms with Gasteiger partial charge in [0, 0.05) is 13.0 Å². The number of carbonyl (C=O) groups excluding carboxylic acids is 2. The molecule has 1 atom stereocenters. The zero-order valence-corrected chi connectivity index (χ0v) is 11.5. The Kier molecular flexibility index (Phi) is 5.79. The molecular weight excluding hydrogens is 268 g/mol. The fraction of sp³-hybridized carbons (Fsp3) is 0.385. The number of methoxy groups -OCH3 is 1. The average molecular weight is 285 g/mol. The Labute approximate surface area is 118 Å². The maximum Gasteiger partial charge on any atom is 0.243 e. The summed E-state index contributed by atoms with van der Waals surface area (Å²) in [6, 6.07) is 7.35. The molecule has 0 saturated carbocycles. The van der Waals surface area contributed by atoms with Gasteiger partial charge in [0.15, 0.2) is 0 Å². The molecule has 6 heteroatoms. The van der Waals surface area contributed by atoms with Crippen molar-refractivity contribution in [3.8, 4) is 5.75 Å². The summed E-state index contributed by atoms with van der Waals surface area (Å²) >= 11 is 0. The van der Waals surface area contributed by atoms with Gasteiger partial charge in [-0.2, -0.15) is 0 Å². The minimum absolute atomic E-state index is 0. The van der Waals surface area contributed by atoms with Gasteiger partial charge in [0.1, 0.15) is 5.75 Å². The molecule has 2 N–H and O–H groups in total. The first kappa shape index (κ1) is 15.5. The highest BCUT2D eigenvalue weighted by molar-refractivity contribution is 6.00. The van der Waals surface area contributed by atoms with Crippen LogP contribution in [0.1, 0.15) is 18.4 Å². The Morgan fingerprint density at radius 2 is 2.00 bits per heavy atom. The van der Waals surface area contributed by atoms with Crippen molar-refractivity contribution < 1.29 is 14.3 Å². The number of nitrogens with one attached hydrogen (secondary N) is 2. The molecule has 0 radical (unpaired) electrons. The molecule has 0 aromatic heterocycles. The lowest BCUT2D eigenvalue weighted by molar-refractivity contribution is -0.134. The van der Waals surface area contributed by atoms with Crippen LogP contribution in [0, 0.1) is 0 Å². The fourth-order valence-corrected chi connectivity index (χ4v) is 1.87. The van der Waals surface area contributed by atoms with E-state index >= 15 is 0 Å². The van der Waals surface area contributed by atoms with Crippen molar-refractivity contribution in [3.63, 3.8) is 0 Å². The Morgan fingerprint density at radius 1 is 1.32 bits per heavy atom. The van der Waals surface area contributed by atoms with Crippen LogP contribution in [0.2, 0.25) is 0 Å². The first-order chi connectivity index (χ1) is 8.69. The van der Waals surface area contributed by atoms with Crippen molar-refractivity contribution in [2.45, 2.75) is 25.4 Å². The van der Waals surface area contributed by atoms with Crippen molar-refractivity contribution in [2.24, 2.45) is 0 Å². The summed E-state index contributed by atoms with van der Waals surface area (Å²) < 4.78 is 5.07. The van der Waals surface area contributed by atoms with E-state index in [0.717, 1.165) is 11.3 Å². The number of piperidine rings is 1. The first-order valence-corrected chi connectivity index (χ1v) is 5.89. The van der Waals surface area contributed by atoms with Crippen LogP contribution >= 0.6 is 12.4 Å². The van der Waals surface area contributed by atoms with E-state index in [1.54, 1.807) is 7.11 Å². The van der Waals surface area contributed by atoms with Gasteiger partial charge >= 0.3 is 0 Å². The molecule has 0 spiro atoms. The van der Waals surface area contributed by atoms with Gasteiger partial charge in [-0.1, -0.05) is 12.1 Å². The van der Waals surface area contributed by atoms with Crippen molar-refractivity contribution in [1.82, 2.24) is 10.6 Å². The minimum Gasteiger partial charge on any atom is -0.497 e. The number of amides is 2. The molecule has 1 aliphatic heterocycles. The lowest BCUT2D eigenvalue weighted by Gasteiger charge is -2.21. The number of ether oxygens (including phenoxy) is 1. The summed E-state index contributed by atoms with van der Waals surface area (Å²) in [7, 11) is 1.62. The van der Waals surface area contributed by atoms with Crippen molar-refractivity contribution in [2.75, 3.05) is 7.11 Å². The molecule has 5 nitrogen and oxygen atoms in total. The highest BCUT2D eigenvalue weighted by atomic mass is 35.5. The second kappa shape index (κ2) is 7.11. The van der Waals surface area contributed by atoms with Crippen LogP contribution in [0.25, 0.3) is 0 Å². The summed E-state index contributed by atoms with van der Waals surface area (Å²) in [5.41, 5.74) is 1.07. The van der Waals surface area contributed by atoms with Gasteiger partial charge in [0.05, 0.1) is 13.2 Å². The van der Waals surface area contributed by atoms with Gasteiger partial charge in [-0.05, 0) is 24.1 Å². The normalized spacial score (nSPS) is 18.5. The van der Waals surface area contributed by atoms with Crippen LogP contribution in [-0.2, 0) is 16.1 Å². The number of hydrogen-bond donors (Lipinski definition) is 2. The second-order valence-electron chi connectivity index (χ2n) is 4.23. The van der Waals surface area contributed by atoms with Crippen LogP contribution in [0.4, 0.5) is 0 Å². The third-order valence-electron chi connectivity index (χ3n) is 2.95. The number of carbonyl (C=O) groups is 2. The summed E-state index contributed by atoms with van der Waals surface area (Å²) in [5, 5.41) is 5.46. The van der Waals surface area contributed by atoms with Gasteiger partial charge in [-0.15, -0.1) is 12.4 Å². The Bertz CT molecular complexity index is 448. The van der Waals surface area contributed by atoms with Crippen LogP contribution in [0.3, 0.4) is 0 Å². The van der Waals surface area contributed by atoms with E-state index in [-0.39, 0.29) is 30.3 Å². The van der Waals surface area contributed by atoms with E-state index in [1.807, 2.05) is 24.3 Å². The topological polar surface area (TPSA) is 67.4 Å². The number of halogens is 1. The van der Waals surface area contributed by atoms with Crippen molar-refractivity contribution >= 4 is 24.2 Å². The van der Waals surface area contributed by atoms with Crippen LogP contribution in [0.5, 0.6) is 5.75 Å². The molecule has 0 aliphatic carbocycles. The smallest absolute Gasteiger partial charge is 0.243 e. The zero-order valence-electron chi connectivity index (χ0n) is 10.6. The molecule has 104 valence electrons. The molecule has 1 saturated heterocycles. The lowest BCUT2D eigenvalue weighted by atomic mass is 10.1. The maximum atomic E-state index is 11.5. The number of imide groups is 1. The first-order valence-electron chi connectivity index (χ1n) is 5.89. The zero-order chi connectivity index (χ0) is 13.0. The van der Waals surface area contributed by atoms with E-state index < -0.39 is 0 Å². The summed E-state index contributed by atoms with van der Waals surface area (Å²) in [5.74, 6) is 0.377. The van der Waals surface area contributed by atoms with E-state index in [9.17, 15) is 9.59 Å². The highest BCUT2D eigenvalue weighted by Crippen LogP contribution is 2.12. The van der Waals surface area contributed by atoms with E-state index in [1.165, 1.54) is 0 Å². The summed E-state index contributed by atoms with van der Waals surface area (Å²) in [6.45, 7) is 0.594. The molecular formula is C13H17ClN2O3. The van der Waals surface area contributed by atoms with Gasteiger partial charge in [-0.25, -0.2) is 0 Å². The van der Waals surface area contributed by atoms with Crippen molar-refractivity contribution in [1.29, 1.82) is 0 Å². The number of benzene rings is 1. The average Bonchev–Trinajstić information content (AvgIpc) is 2.38. The predicted molar refractivity (Wildman–Crippen MR) is 73.3 cm³/mol. The second-order valence-corrected chi connectivity index (χ2v) is 4.23. The lowest BCUT2D eigenvalue weighted by Crippen LogP contribution is -2.50. The standard InChI is InChI=1S/C13H16N2O3.ClH/c1-18-10-4-2-9(3-5-10)8-14-11-6-7-12(16)15-13(11)17;/h2-5,11,14H,6-8H2,1H3,(H,15,16,17);1H. The molecule has 0 bridgehead atoms. The summed E-state index contributed by atoms with van der Waals surface area (Å²) in [4.78, 5) is 22.5. The SMILES string of the molecule is COc1ccc(CNC2CCC(=O)NC2=O)cc1.Cl. The molecule has 1 unspecified atom stereocenters. The number of hydrogen-bond acceptors (Lipinski definition) is 4. The minimum atomic E-state index is -0.287. The monoisotopic (exact) mass is 284 g/mol. The van der Waals surface area contributed by atoms with Crippen LogP contribution < -0.4 is 15.4 Å². The van der Waals surface area contributed by atoms with Crippen LogP contribution in [-0.4, -0.2) is 25.0 Å². The van der Waals surface area contributed by atoms with Gasteiger partial charge < -0.3 is 10.1 Å². The molecule has 19 heavy (non-hydrogen) atoms. The predicted octanol–water partition coefficient (Wildman–Crippen LogP) is 1.01. The highest BCUT2D eigenvalue weighted by Gasteiger charge is 2.25. The largest absolute Gasteiger partial charge is 0.497 e. The molecule has 2 amide bonds. The van der Waals surface area contributed by atoms with Crippen LogP contribution in [0.15, 0.2) is 24.3 Å². The Balaban J connectivity index is 0.00000180. The molecule has 2 rings (SSSR count). The molecule has 1 aliphatic rings. The Morgan fingerprint density at radius 3 is 2.58 bits per heavy atom. The van der Waals surface area contributed by atoms with Crippen molar-refractivity contribution in [3.05, 3.63) is 29.8 Å². The fourth-order valence-electron chi connectivity index (χ4n) is 1.87. The molecule has 1 fully saturated rings. The van der Waals surface area contributed by atoms with E-state index in [0.29, 0.717) is 19.4 Å². The third kappa shape index (κ3) is 4.22. The van der Waals surface area contributed by atoms with Gasteiger partial charge in [-0.3, -0.25) is 14.9 Å². The molecule has 1 aromatic carbocycles. The van der Waals surface area contributed by atoms with E-state index in [2.05, 4.69) is 10.6 Å². The third-order valence-corrected chi connectivity index (χ3v) is 2.95. The maximum absolute atomic E-state index is 11.5.